The van der Waals surface area contributed by atoms with Crippen molar-refractivity contribution in [1.82, 2.24) is 19.8 Å². The number of likely N-dealkylation sites (tertiary alicyclic amines) is 1. The third kappa shape index (κ3) is 3.58. The molecule has 0 aliphatic carbocycles. The first kappa shape index (κ1) is 16.5. The lowest BCUT2D eigenvalue weighted by atomic mass is 10.0. The van der Waals surface area contributed by atoms with Crippen LogP contribution >= 0.6 is 0 Å². The van der Waals surface area contributed by atoms with Crippen LogP contribution in [0.4, 0.5) is 9.18 Å². The number of urea groups is 1. The molecule has 2 atom stereocenters. The van der Waals surface area contributed by atoms with Gasteiger partial charge >= 0.3 is 6.03 Å². The van der Waals surface area contributed by atoms with Crippen LogP contribution in [0.3, 0.4) is 0 Å². The number of hydrogen-bond acceptors (Lipinski definition) is 2. The van der Waals surface area contributed by atoms with E-state index in [0.717, 1.165) is 37.3 Å². The maximum atomic E-state index is 13.3. The zero-order valence-electron chi connectivity index (χ0n) is 14.1. The molecule has 0 bridgehead atoms. The Balaban J connectivity index is 1.84. The summed E-state index contributed by atoms with van der Waals surface area (Å²) in [7, 11) is 1.88. The number of benzene rings is 1. The first-order valence-electron chi connectivity index (χ1n) is 8.32. The zero-order valence-corrected chi connectivity index (χ0v) is 14.1. The van der Waals surface area contributed by atoms with Gasteiger partial charge in [0.15, 0.2) is 0 Å². The van der Waals surface area contributed by atoms with E-state index >= 15 is 0 Å². The Morgan fingerprint density at radius 2 is 2.12 bits per heavy atom. The number of nitrogens with zero attached hydrogens (tertiary/aromatic N) is 3. The lowest BCUT2D eigenvalue weighted by Crippen LogP contribution is -2.46. The molecule has 5 nitrogen and oxygen atoms in total. The molecule has 0 radical (unpaired) electrons. The number of piperidine rings is 1. The Morgan fingerprint density at radius 1 is 1.38 bits per heavy atom. The number of amides is 2. The second kappa shape index (κ2) is 7.03. The van der Waals surface area contributed by atoms with Gasteiger partial charge < -0.3 is 14.8 Å². The van der Waals surface area contributed by atoms with Crippen LogP contribution in [0.5, 0.6) is 0 Å². The summed E-state index contributed by atoms with van der Waals surface area (Å²) in [6.07, 6.45) is 5.71. The standard InChI is InChI=1S/C18H23FN4O/c1-13-4-3-10-23(12-13)18(24)21-16(17-20-9-11-22(17)2)14-5-7-15(19)8-6-14/h5-9,11,13,16H,3-4,10,12H2,1-2H3,(H,21,24). The maximum Gasteiger partial charge on any atom is 0.318 e. The fraction of sp³-hybridized carbons (Fsp3) is 0.444. The van der Waals surface area contributed by atoms with Crippen LogP contribution in [-0.2, 0) is 7.05 Å². The molecule has 1 aromatic heterocycles. The van der Waals surface area contributed by atoms with Crippen molar-refractivity contribution >= 4 is 6.03 Å². The molecular formula is C18H23FN4O. The molecule has 2 heterocycles. The third-order valence-corrected chi connectivity index (χ3v) is 4.53. The van der Waals surface area contributed by atoms with Gasteiger partial charge in [0.2, 0.25) is 0 Å². The highest BCUT2D eigenvalue weighted by atomic mass is 19.1. The van der Waals surface area contributed by atoms with Crippen molar-refractivity contribution in [3.63, 3.8) is 0 Å². The van der Waals surface area contributed by atoms with E-state index < -0.39 is 6.04 Å². The highest BCUT2D eigenvalue weighted by Gasteiger charge is 2.26. The topological polar surface area (TPSA) is 50.2 Å². The SMILES string of the molecule is CC1CCCN(C(=O)NC(c2ccc(F)cc2)c2nccn2C)C1. The van der Waals surface area contributed by atoms with Gasteiger partial charge in [-0.1, -0.05) is 19.1 Å². The van der Waals surface area contributed by atoms with Crippen molar-refractivity contribution in [2.75, 3.05) is 13.1 Å². The number of rotatable bonds is 3. The summed E-state index contributed by atoms with van der Waals surface area (Å²) >= 11 is 0. The normalized spacial score (nSPS) is 19.1. The summed E-state index contributed by atoms with van der Waals surface area (Å²) in [5.74, 6) is 0.940. The van der Waals surface area contributed by atoms with Crippen LogP contribution in [0.1, 0.15) is 37.2 Å². The van der Waals surface area contributed by atoms with E-state index in [4.69, 9.17) is 0 Å². The van der Waals surface area contributed by atoms with E-state index in [1.54, 1.807) is 18.3 Å². The molecule has 2 unspecified atom stereocenters. The van der Waals surface area contributed by atoms with E-state index in [1.165, 1.54) is 12.1 Å². The molecule has 2 amide bonds. The molecule has 1 aliphatic rings. The van der Waals surface area contributed by atoms with Crippen molar-refractivity contribution in [2.24, 2.45) is 13.0 Å². The Bertz CT molecular complexity index is 697. The summed E-state index contributed by atoms with van der Waals surface area (Å²) in [5, 5.41) is 3.07. The average Bonchev–Trinajstić information content (AvgIpc) is 2.99. The molecule has 1 N–H and O–H groups in total. The molecule has 1 saturated heterocycles. The van der Waals surface area contributed by atoms with Gasteiger partial charge in [0, 0.05) is 32.5 Å². The van der Waals surface area contributed by atoms with Gasteiger partial charge in [-0.15, -0.1) is 0 Å². The maximum absolute atomic E-state index is 13.3. The number of imidazole rings is 1. The molecule has 6 heteroatoms. The fourth-order valence-corrected chi connectivity index (χ4v) is 3.20. The number of halogens is 1. The number of aryl methyl sites for hydroxylation is 1. The van der Waals surface area contributed by atoms with Crippen molar-refractivity contribution < 1.29 is 9.18 Å². The van der Waals surface area contributed by atoms with Crippen LogP contribution in [0.15, 0.2) is 36.7 Å². The van der Waals surface area contributed by atoms with Crippen molar-refractivity contribution in [2.45, 2.75) is 25.8 Å². The lowest BCUT2D eigenvalue weighted by molar-refractivity contribution is 0.167. The Hall–Kier alpha value is -2.37. The predicted molar refractivity (Wildman–Crippen MR) is 90.0 cm³/mol. The molecule has 24 heavy (non-hydrogen) atoms. The molecule has 3 rings (SSSR count). The van der Waals surface area contributed by atoms with Crippen molar-refractivity contribution in [1.29, 1.82) is 0 Å². The average molecular weight is 330 g/mol. The number of carbonyl (C=O) groups is 1. The van der Waals surface area contributed by atoms with Crippen LogP contribution in [0.2, 0.25) is 0 Å². The number of hydrogen-bond donors (Lipinski definition) is 1. The molecule has 2 aromatic rings. The van der Waals surface area contributed by atoms with Crippen molar-refractivity contribution in [3.05, 3.63) is 53.9 Å². The largest absolute Gasteiger partial charge is 0.336 e. The summed E-state index contributed by atoms with van der Waals surface area (Å²) < 4.78 is 15.1. The Labute approximate surface area is 141 Å². The van der Waals surface area contributed by atoms with Gasteiger partial charge in [0.1, 0.15) is 17.7 Å². The molecular weight excluding hydrogens is 307 g/mol. The van der Waals surface area contributed by atoms with E-state index in [-0.39, 0.29) is 11.8 Å². The van der Waals surface area contributed by atoms with E-state index in [1.807, 2.05) is 22.7 Å². The zero-order chi connectivity index (χ0) is 17.1. The molecule has 1 aliphatic heterocycles. The molecule has 128 valence electrons. The van der Waals surface area contributed by atoms with Crippen LogP contribution < -0.4 is 5.32 Å². The second-order valence-electron chi connectivity index (χ2n) is 6.52. The summed E-state index contributed by atoms with van der Waals surface area (Å²) in [6.45, 7) is 3.70. The van der Waals surface area contributed by atoms with Crippen LogP contribution in [0, 0.1) is 11.7 Å². The van der Waals surface area contributed by atoms with E-state index in [2.05, 4.69) is 17.2 Å². The lowest BCUT2D eigenvalue weighted by Gasteiger charge is -2.32. The van der Waals surface area contributed by atoms with Gasteiger partial charge in [-0.05, 0) is 36.5 Å². The summed E-state index contributed by atoms with van der Waals surface area (Å²) in [4.78, 5) is 18.9. The smallest absolute Gasteiger partial charge is 0.318 e. The van der Waals surface area contributed by atoms with Gasteiger partial charge in [0.25, 0.3) is 0 Å². The van der Waals surface area contributed by atoms with Crippen LogP contribution in [-0.4, -0.2) is 33.6 Å². The number of aromatic nitrogens is 2. The predicted octanol–water partition coefficient (Wildman–Crippen LogP) is 3.09. The van der Waals surface area contributed by atoms with Gasteiger partial charge in [-0.2, -0.15) is 0 Å². The summed E-state index contributed by atoms with van der Waals surface area (Å²) in [5.41, 5.74) is 0.809. The van der Waals surface area contributed by atoms with Crippen molar-refractivity contribution in [3.8, 4) is 0 Å². The monoisotopic (exact) mass is 330 g/mol. The highest BCUT2D eigenvalue weighted by Crippen LogP contribution is 2.22. The molecule has 1 fully saturated rings. The number of carbonyl (C=O) groups excluding carboxylic acids is 1. The quantitative estimate of drug-likeness (QED) is 0.940. The third-order valence-electron chi connectivity index (χ3n) is 4.53. The molecule has 1 aromatic carbocycles. The Kier molecular flexibility index (Phi) is 4.83. The minimum atomic E-state index is -0.407. The van der Waals surface area contributed by atoms with E-state index in [9.17, 15) is 9.18 Å². The van der Waals surface area contributed by atoms with E-state index in [0.29, 0.717) is 5.92 Å². The first-order valence-corrected chi connectivity index (χ1v) is 8.32. The first-order chi connectivity index (χ1) is 11.5. The van der Waals surface area contributed by atoms with Crippen LogP contribution in [0.25, 0.3) is 0 Å². The second-order valence-corrected chi connectivity index (χ2v) is 6.52. The molecule has 0 saturated carbocycles. The summed E-state index contributed by atoms with van der Waals surface area (Å²) in [6, 6.07) is 5.68. The minimum absolute atomic E-state index is 0.0983. The van der Waals surface area contributed by atoms with Gasteiger partial charge in [0.05, 0.1) is 0 Å². The fourth-order valence-electron chi connectivity index (χ4n) is 3.20. The Morgan fingerprint density at radius 3 is 2.75 bits per heavy atom. The van der Waals surface area contributed by atoms with Gasteiger partial charge in [-0.3, -0.25) is 0 Å². The van der Waals surface area contributed by atoms with Gasteiger partial charge in [-0.25, -0.2) is 14.2 Å². The molecule has 0 spiro atoms. The number of nitrogens with one attached hydrogen (secondary N) is 1. The highest BCUT2D eigenvalue weighted by molar-refractivity contribution is 5.75. The minimum Gasteiger partial charge on any atom is -0.336 e.